The Bertz CT molecular complexity index is 452. The Morgan fingerprint density at radius 3 is 2.47 bits per heavy atom. The van der Waals surface area contributed by atoms with Crippen LogP contribution in [0.15, 0.2) is 18.2 Å². The van der Waals surface area contributed by atoms with Crippen LogP contribution >= 0.6 is 12.4 Å². The molecule has 0 fully saturated rings. The van der Waals surface area contributed by atoms with E-state index in [1.165, 1.54) is 14.0 Å². The summed E-state index contributed by atoms with van der Waals surface area (Å²) in [5.41, 5.74) is 1.12. The molecule has 0 saturated heterocycles. The van der Waals surface area contributed by atoms with E-state index in [0.717, 1.165) is 0 Å². The van der Waals surface area contributed by atoms with Crippen molar-refractivity contribution in [2.45, 2.75) is 6.92 Å². The van der Waals surface area contributed by atoms with Gasteiger partial charge in [-0.3, -0.25) is 9.59 Å². The van der Waals surface area contributed by atoms with Crippen molar-refractivity contribution in [1.82, 2.24) is 5.32 Å². The number of benzene rings is 1. The van der Waals surface area contributed by atoms with E-state index in [2.05, 4.69) is 16.0 Å². The topological polar surface area (TPSA) is 79.5 Å². The Balaban J connectivity index is 0.00000324. The third-order valence-electron chi connectivity index (χ3n) is 2.13. The summed E-state index contributed by atoms with van der Waals surface area (Å²) < 4.78 is 5.11. The lowest BCUT2D eigenvalue weighted by molar-refractivity contribution is -0.115. The number of methoxy groups -OCH3 is 1. The number of hydrogen-bond donors (Lipinski definition) is 3. The molecule has 0 heterocycles. The smallest absolute Gasteiger partial charge is 0.238 e. The molecule has 0 aliphatic rings. The van der Waals surface area contributed by atoms with Crippen LogP contribution in [0.2, 0.25) is 0 Å². The maximum atomic E-state index is 11.4. The zero-order valence-corrected chi connectivity index (χ0v) is 11.9. The molecule has 0 unspecified atom stereocenters. The van der Waals surface area contributed by atoms with Crippen LogP contribution in [-0.4, -0.2) is 32.5 Å². The zero-order valence-electron chi connectivity index (χ0n) is 11.1. The van der Waals surface area contributed by atoms with Crippen molar-refractivity contribution in [1.29, 1.82) is 0 Å². The van der Waals surface area contributed by atoms with Crippen LogP contribution in [0, 0.1) is 0 Å². The van der Waals surface area contributed by atoms with E-state index in [1.54, 1.807) is 25.2 Å². The highest BCUT2D eigenvalue weighted by Crippen LogP contribution is 2.27. The predicted octanol–water partition coefficient (Wildman–Crippen LogP) is 1.23. The van der Waals surface area contributed by atoms with Crippen molar-refractivity contribution in [2.24, 2.45) is 0 Å². The van der Waals surface area contributed by atoms with E-state index in [4.69, 9.17) is 4.74 Å². The molecule has 1 aromatic carbocycles. The van der Waals surface area contributed by atoms with E-state index in [0.29, 0.717) is 17.1 Å². The van der Waals surface area contributed by atoms with Crippen molar-refractivity contribution in [2.75, 3.05) is 31.3 Å². The fourth-order valence-electron chi connectivity index (χ4n) is 1.44. The van der Waals surface area contributed by atoms with Crippen LogP contribution in [-0.2, 0) is 9.59 Å². The van der Waals surface area contributed by atoms with Gasteiger partial charge in [0.25, 0.3) is 0 Å². The molecular weight excluding hydrogens is 270 g/mol. The van der Waals surface area contributed by atoms with Gasteiger partial charge in [-0.25, -0.2) is 0 Å². The zero-order chi connectivity index (χ0) is 13.5. The monoisotopic (exact) mass is 287 g/mol. The number of carbonyl (C=O) groups excluding carboxylic acids is 2. The highest BCUT2D eigenvalue weighted by molar-refractivity contribution is 5.95. The molecule has 19 heavy (non-hydrogen) atoms. The quantitative estimate of drug-likeness (QED) is 0.761. The SMILES string of the molecule is CNCC(=O)Nc1ccc(OC)c(NC(C)=O)c1.Cl. The fourth-order valence-corrected chi connectivity index (χ4v) is 1.44. The molecule has 7 heteroatoms. The van der Waals surface area contributed by atoms with Gasteiger partial charge in [-0.2, -0.15) is 0 Å². The Morgan fingerprint density at radius 1 is 1.26 bits per heavy atom. The Kier molecular flexibility index (Phi) is 7.55. The summed E-state index contributed by atoms with van der Waals surface area (Å²) in [5.74, 6) is 0.181. The maximum absolute atomic E-state index is 11.4. The second kappa shape index (κ2) is 8.34. The van der Waals surface area contributed by atoms with Gasteiger partial charge in [-0.1, -0.05) is 0 Å². The summed E-state index contributed by atoms with van der Waals surface area (Å²) in [6.45, 7) is 1.63. The third-order valence-corrected chi connectivity index (χ3v) is 2.13. The number of ether oxygens (including phenoxy) is 1. The molecular formula is C12H18ClN3O3. The Morgan fingerprint density at radius 2 is 1.95 bits per heavy atom. The first-order valence-corrected chi connectivity index (χ1v) is 5.47. The second-order valence-corrected chi connectivity index (χ2v) is 3.67. The molecule has 0 spiro atoms. The molecule has 0 aliphatic heterocycles. The Labute approximate surface area is 118 Å². The summed E-state index contributed by atoms with van der Waals surface area (Å²) in [6.07, 6.45) is 0. The minimum absolute atomic E-state index is 0. The lowest BCUT2D eigenvalue weighted by atomic mass is 10.2. The predicted molar refractivity (Wildman–Crippen MR) is 77.1 cm³/mol. The third kappa shape index (κ3) is 5.58. The number of carbonyl (C=O) groups is 2. The number of anilines is 2. The van der Waals surface area contributed by atoms with Gasteiger partial charge in [0.2, 0.25) is 11.8 Å². The summed E-state index contributed by atoms with van der Waals surface area (Å²) in [6, 6.07) is 5.03. The molecule has 0 radical (unpaired) electrons. The largest absolute Gasteiger partial charge is 0.495 e. The van der Waals surface area contributed by atoms with Gasteiger partial charge >= 0.3 is 0 Å². The lowest BCUT2D eigenvalue weighted by Crippen LogP contribution is -2.25. The molecule has 1 rings (SSSR count). The Hall–Kier alpha value is -1.79. The average molecular weight is 288 g/mol. The summed E-state index contributed by atoms with van der Waals surface area (Å²) >= 11 is 0. The number of halogens is 1. The number of amides is 2. The van der Waals surface area contributed by atoms with Crippen LogP contribution in [0.1, 0.15) is 6.92 Å². The van der Waals surface area contributed by atoms with Gasteiger partial charge in [0.15, 0.2) is 0 Å². The summed E-state index contributed by atoms with van der Waals surface area (Å²) in [7, 11) is 3.20. The standard InChI is InChI=1S/C12H17N3O3.ClH/c1-8(16)14-10-6-9(4-5-11(10)18-3)15-12(17)7-13-2;/h4-6,13H,7H2,1-3H3,(H,14,16)(H,15,17);1H. The first-order chi connectivity index (χ1) is 8.56. The van der Waals surface area contributed by atoms with E-state index in [-0.39, 0.29) is 30.8 Å². The van der Waals surface area contributed by atoms with Crippen molar-refractivity contribution in [3.63, 3.8) is 0 Å². The number of hydrogen-bond acceptors (Lipinski definition) is 4. The van der Waals surface area contributed by atoms with Crippen LogP contribution in [0.5, 0.6) is 5.75 Å². The minimum Gasteiger partial charge on any atom is -0.495 e. The normalized spacial score (nSPS) is 9.21. The molecule has 2 amide bonds. The number of likely N-dealkylation sites (N-methyl/N-ethyl adjacent to an activating group) is 1. The van der Waals surface area contributed by atoms with Gasteiger partial charge in [0.1, 0.15) is 5.75 Å². The number of nitrogens with one attached hydrogen (secondary N) is 3. The van der Waals surface area contributed by atoms with Gasteiger partial charge in [-0.05, 0) is 25.2 Å². The van der Waals surface area contributed by atoms with Crippen LogP contribution in [0.3, 0.4) is 0 Å². The maximum Gasteiger partial charge on any atom is 0.238 e. The van der Waals surface area contributed by atoms with Gasteiger partial charge in [0, 0.05) is 12.6 Å². The molecule has 3 N–H and O–H groups in total. The lowest BCUT2D eigenvalue weighted by Gasteiger charge is -2.11. The summed E-state index contributed by atoms with van der Waals surface area (Å²) in [4.78, 5) is 22.5. The second-order valence-electron chi connectivity index (χ2n) is 3.67. The molecule has 0 aromatic heterocycles. The van der Waals surface area contributed by atoms with Crippen molar-refractivity contribution >= 4 is 35.6 Å². The van der Waals surface area contributed by atoms with E-state index in [9.17, 15) is 9.59 Å². The molecule has 0 aliphatic carbocycles. The molecule has 0 saturated carbocycles. The minimum atomic E-state index is -0.202. The van der Waals surface area contributed by atoms with Gasteiger partial charge < -0.3 is 20.7 Å². The van der Waals surface area contributed by atoms with Crippen molar-refractivity contribution in [3.8, 4) is 5.75 Å². The average Bonchev–Trinajstić information content (AvgIpc) is 2.28. The van der Waals surface area contributed by atoms with Crippen molar-refractivity contribution < 1.29 is 14.3 Å². The highest BCUT2D eigenvalue weighted by Gasteiger charge is 2.07. The van der Waals surface area contributed by atoms with Crippen LogP contribution < -0.4 is 20.7 Å². The first-order valence-electron chi connectivity index (χ1n) is 5.47. The molecule has 0 bridgehead atoms. The van der Waals surface area contributed by atoms with Crippen LogP contribution in [0.25, 0.3) is 0 Å². The van der Waals surface area contributed by atoms with E-state index < -0.39 is 0 Å². The molecule has 0 atom stereocenters. The van der Waals surface area contributed by atoms with Crippen LogP contribution in [0.4, 0.5) is 11.4 Å². The van der Waals surface area contributed by atoms with Gasteiger partial charge in [-0.15, -0.1) is 12.4 Å². The fraction of sp³-hybridized carbons (Fsp3) is 0.333. The molecule has 106 valence electrons. The van der Waals surface area contributed by atoms with Gasteiger partial charge in [0.05, 0.1) is 19.3 Å². The van der Waals surface area contributed by atoms with E-state index >= 15 is 0 Å². The molecule has 6 nitrogen and oxygen atoms in total. The number of rotatable bonds is 5. The first kappa shape index (κ1) is 17.2. The van der Waals surface area contributed by atoms with E-state index in [1.807, 2.05) is 0 Å². The highest BCUT2D eigenvalue weighted by atomic mass is 35.5. The molecule has 1 aromatic rings. The van der Waals surface area contributed by atoms with Crippen molar-refractivity contribution in [3.05, 3.63) is 18.2 Å². The summed E-state index contributed by atoms with van der Waals surface area (Å²) in [5, 5.41) is 8.09.